The molecule has 2 aliphatic carbocycles. The number of aliphatic hydroxyl groups excluding tert-OH is 1. The first-order valence-electron chi connectivity index (χ1n) is 6.71. The van der Waals surface area contributed by atoms with Crippen molar-refractivity contribution in [1.29, 1.82) is 0 Å². The highest BCUT2D eigenvalue weighted by molar-refractivity contribution is 5.76. The van der Waals surface area contributed by atoms with E-state index >= 15 is 0 Å². The van der Waals surface area contributed by atoms with Gasteiger partial charge in [-0.1, -0.05) is 12.2 Å². The molecule has 0 heterocycles. The predicted molar refractivity (Wildman–Crippen MR) is 68.6 cm³/mol. The molecular formula is C13H20N2O4. The quantitative estimate of drug-likeness (QED) is 0.564. The Kier molecular flexibility index (Phi) is 4.42. The number of rotatable bonds is 3. The Bertz CT molecular complexity index is 375. The molecule has 0 radical (unpaired) electrons. The number of urea groups is 1. The highest BCUT2D eigenvalue weighted by atomic mass is 16.4. The lowest BCUT2D eigenvalue weighted by atomic mass is 9.93. The number of hydrogen-bond acceptors (Lipinski definition) is 3. The minimum absolute atomic E-state index is 0.101. The number of hydrogen-bond donors (Lipinski definition) is 4. The molecule has 0 aromatic carbocycles. The molecule has 0 aromatic heterocycles. The minimum Gasteiger partial charge on any atom is -0.481 e. The van der Waals surface area contributed by atoms with E-state index < -0.39 is 11.9 Å². The van der Waals surface area contributed by atoms with Gasteiger partial charge < -0.3 is 20.8 Å². The lowest BCUT2D eigenvalue weighted by Crippen LogP contribution is -2.47. The molecule has 2 amide bonds. The molecule has 1 fully saturated rings. The molecule has 4 N–H and O–H groups in total. The molecule has 0 spiro atoms. The molecule has 1 saturated carbocycles. The van der Waals surface area contributed by atoms with Gasteiger partial charge in [-0.05, 0) is 32.1 Å². The van der Waals surface area contributed by atoms with Crippen molar-refractivity contribution in [2.45, 2.75) is 50.3 Å². The first-order chi connectivity index (χ1) is 9.04. The van der Waals surface area contributed by atoms with E-state index in [1.165, 1.54) is 0 Å². The van der Waals surface area contributed by atoms with Crippen molar-refractivity contribution < 1.29 is 19.8 Å². The second-order valence-corrected chi connectivity index (χ2v) is 5.30. The zero-order valence-corrected chi connectivity index (χ0v) is 10.7. The number of amides is 2. The monoisotopic (exact) mass is 268 g/mol. The molecular weight excluding hydrogens is 248 g/mol. The van der Waals surface area contributed by atoms with E-state index in [2.05, 4.69) is 10.6 Å². The van der Waals surface area contributed by atoms with E-state index in [1.54, 1.807) is 12.2 Å². The molecule has 2 atom stereocenters. The van der Waals surface area contributed by atoms with Gasteiger partial charge in [-0.2, -0.15) is 0 Å². The summed E-state index contributed by atoms with van der Waals surface area (Å²) < 4.78 is 0. The van der Waals surface area contributed by atoms with Crippen molar-refractivity contribution in [3.8, 4) is 0 Å². The van der Waals surface area contributed by atoms with Gasteiger partial charge in [0.1, 0.15) is 0 Å². The van der Waals surface area contributed by atoms with Crippen LogP contribution in [0.15, 0.2) is 12.2 Å². The Balaban J connectivity index is 1.71. The van der Waals surface area contributed by atoms with Gasteiger partial charge in [0.15, 0.2) is 0 Å². The maximum Gasteiger partial charge on any atom is 0.315 e. The van der Waals surface area contributed by atoms with Crippen LogP contribution in [0, 0.1) is 5.92 Å². The number of carboxylic acid groups (broad SMARTS) is 1. The number of nitrogens with one attached hydrogen (secondary N) is 2. The molecule has 2 aliphatic rings. The second kappa shape index (κ2) is 6.06. The topological polar surface area (TPSA) is 98.7 Å². The summed E-state index contributed by atoms with van der Waals surface area (Å²) in [5.41, 5.74) is 0. The molecule has 19 heavy (non-hydrogen) atoms. The summed E-state index contributed by atoms with van der Waals surface area (Å²) in [6.07, 6.45) is 6.51. The third kappa shape index (κ3) is 3.96. The van der Waals surface area contributed by atoms with Crippen molar-refractivity contribution >= 4 is 12.0 Å². The molecule has 2 rings (SSSR count). The minimum atomic E-state index is -0.859. The van der Waals surface area contributed by atoms with Crippen molar-refractivity contribution in [2.75, 3.05) is 0 Å². The van der Waals surface area contributed by atoms with Crippen LogP contribution < -0.4 is 10.6 Å². The van der Waals surface area contributed by atoms with E-state index in [0.29, 0.717) is 6.42 Å². The SMILES string of the molecule is O=C(NC1C=CC(C(=O)O)C1)NC1CCC(O)CC1. The zero-order valence-electron chi connectivity index (χ0n) is 10.7. The van der Waals surface area contributed by atoms with Crippen molar-refractivity contribution in [3.63, 3.8) is 0 Å². The number of aliphatic carboxylic acids is 1. The predicted octanol–water partition coefficient (Wildman–Crippen LogP) is 0.618. The highest BCUT2D eigenvalue weighted by Gasteiger charge is 2.26. The summed E-state index contributed by atoms with van der Waals surface area (Å²) in [6, 6.07) is -0.374. The summed E-state index contributed by atoms with van der Waals surface area (Å²) in [5.74, 6) is -1.36. The third-order valence-corrected chi connectivity index (χ3v) is 3.75. The van der Waals surface area contributed by atoms with Crippen LogP contribution in [-0.4, -0.2) is 40.4 Å². The lowest BCUT2D eigenvalue weighted by molar-refractivity contribution is -0.140. The second-order valence-electron chi connectivity index (χ2n) is 5.30. The first kappa shape index (κ1) is 13.9. The zero-order chi connectivity index (χ0) is 13.8. The fourth-order valence-corrected chi connectivity index (χ4v) is 2.60. The van der Waals surface area contributed by atoms with Crippen LogP contribution in [0.2, 0.25) is 0 Å². The van der Waals surface area contributed by atoms with Crippen LogP contribution in [-0.2, 0) is 4.79 Å². The van der Waals surface area contributed by atoms with Gasteiger partial charge in [0, 0.05) is 6.04 Å². The van der Waals surface area contributed by atoms with Gasteiger partial charge in [-0.3, -0.25) is 4.79 Å². The molecule has 2 unspecified atom stereocenters. The summed E-state index contributed by atoms with van der Waals surface area (Å²) in [6.45, 7) is 0. The van der Waals surface area contributed by atoms with Crippen molar-refractivity contribution in [2.24, 2.45) is 5.92 Å². The maximum absolute atomic E-state index is 11.8. The number of aliphatic hydroxyl groups is 1. The number of carboxylic acids is 1. The number of carbonyl (C=O) groups excluding carboxylic acids is 1. The maximum atomic E-state index is 11.8. The van der Waals surface area contributed by atoms with Crippen LogP contribution in [0.4, 0.5) is 4.79 Å². The Morgan fingerprint density at radius 2 is 1.74 bits per heavy atom. The molecule has 0 saturated heterocycles. The van der Waals surface area contributed by atoms with Crippen LogP contribution in [0.1, 0.15) is 32.1 Å². The van der Waals surface area contributed by atoms with Crippen LogP contribution in [0.5, 0.6) is 0 Å². The molecule has 6 nitrogen and oxygen atoms in total. The fraction of sp³-hybridized carbons (Fsp3) is 0.692. The highest BCUT2D eigenvalue weighted by Crippen LogP contribution is 2.19. The fourth-order valence-electron chi connectivity index (χ4n) is 2.60. The molecule has 6 heteroatoms. The number of carbonyl (C=O) groups is 2. The standard InChI is InChI=1S/C13H20N2O4/c16-11-5-3-9(4-6-11)14-13(19)15-10-2-1-8(7-10)12(17)18/h1-2,8-11,16H,3-7H2,(H,17,18)(H2,14,15,19). The Labute approximate surface area is 111 Å². The normalized spacial score (nSPS) is 33.9. The first-order valence-corrected chi connectivity index (χ1v) is 6.71. The molecule has 0 bridgehead atoms. The van der Waals surface area contributed by atoms with Crippen LogP contribution >= 0.6 is 0 Å². The summed E-state index contributed by atoms with van der Waals surface area (Å²) >= 11 is 0. The van der Waals surface area contributed by atoms with Crippen molar-refractivity contribution in [1.82, 2.24) is 10.6 Å². The van der Waals surface area contributed by atoms with E-state index in [4.69, 9.17) is 5.11 Å². The lowest BCUT2D eigenvalue weighted by Gasteiger charge is -2.26. The van der Waals surface area contributed by atoms with E-state index in [-0.39, 0.29) is 24.2 Å². The summed E-state index contributed by atoms with van der Waals surface area (Å²) in [4.78, 5) is 22.5. The average molecular weight is 268 g/mol. The Hall–Kier alpha value is -1.56. The van der Waals surface area contributed by atoms with Gasteiger partial charge in [-0.15, -0.1) is 0 Å². The van der Waals surface area contributed by atoms with Crippen LogP contribution in [0.3, 0.4) is 0 Å². The van der Waals surface area contributed by atoms with Gasteiger partial charge >= 0.3 is 12.0 Å². The average Bonchev–Trinajstić information content (AvgIpc) is 2.80. The van der Waals surface area contributed by atoms with Gasteiger partial charge in [-0.25, -0.2) is 4.79 Å². The van der Waals surface area contributed by atoms with Gasteiger partial charge in [0.2, 0.25) is 0 Å². The smallest absolute Gasteiger partial charge is 0.315 e. The van der Waals surface area contributed by atoms with Gasteiger partial charge in [0.05, 0.1) is 18.1 Å². The summed E-state index contributed by atoms with van der Waals surface area (Å²) in [5, 5.41) is 23.9. The van der Waals surface area contributed by atoms with E-state index in [1.807, 2.05) is 0 Å². The van der Waals surface area contributed by atoms with Crippen molar-refractivity contribution in [3.05, 3.63) is 12.2 Å². The third-order valence-electron chi connectivity index (χ3n) is 3.75. The van der Waals surface area contributed by atoms with Gasteiger partial charge in [0.25, 0.3) is 0 Å². The Morgan fingerprint density at radius 1 is 1.05 bits per heavy atom. The summed E-state index contributed by atoms with van der Waals surface area (Å²) in [7, 11) is 0. The molecule has 106 valence electrons. The largest absolute Gasteiger partial charge is 0.481 e. The molecule has 0 aliphatic heterocycles. The molecule has 0 aromatic rings. The Morgan fingerprint density at radius 3 is 2.32 bits per heavy atom. The van der Waals surface area contributed by atoms with E-state index in [0.717, 1.165) is 25.7 Å². The van der Waals surface area contributed by atoms with Crippen LogP contribution in [0.25, 0.3) is 0 Å². The van der Waals surface area contributed by atoms with E-state index in [9.17, 15) is 14.7 Å².